The molecule has 1 rings (SSSR count). The van der Waals surface area contributed by atoms with E-state index in [0.717, 1.165) is 0 Å². The predicted octanol–water partition coefficient (Wildman–Crippen LogP) is 1.05. The molecule has 0 bridgehead atoms. The SMILES string of the molecule is N#CC(C#N)C(C#N)(C#N)[C@@H]1CCCC1=O. The van der Waals surface area contributed by atoms with E-state index < -0.39 is 17.3 Å². The average molecular weight is 212 g/mol. The van der Waals surface area contributed by atoms with E-state index in [4.69, 9.17) is 21.0 Å². The van der Waals surface area contributed by atoms with Crippen molar-refractivity contribution in [1.82, 2.24) is 0 Å². The van der Waals surface area contributed by atoms with Gasteiger partial charge in [-0.2, -0.15) is 21.0 Å². The Balaban J connectivity index is 3.24. The minimum Gasteiger partial charge on any atom is -0.299 e. The highest BCUT2D eigenvalue weighted by Gasteiger charge is 2.52. The van der Waals surface area contributed by atoms with Gasteiger partial charge in [-0.3, -0.25) is 4.79 Å². The summed E-state index contributed by atoms with van der Waals surface area (Å²) < 4.78 is 0. The van der Waals surface area contributed by atoms with Crippen LogP contribution in [-0.2, 0) is 4.79 Å². The highest BCUT2D eigenvalue weighted by Crippen LogP contribution is 2.42. The lowest BCUT2D eigenvalue weighted by atomic mass is 9.68. The van der Waals surface area contributed by atoms with E-state index in [1.807, 2.05) is 0 Å². The zero-order chi connectivity index (χ0) is 12.2. The van der Waals surface area contributed by atoms with Crippen LogP contribution in [0.2, 0.25) is 0 Å². The number of hydrogen-bond donors (Lipinski definition) is 0. The normalized spacial score (nSPS) is 19.6. The Kier molecular flexibility index (Phi) is 3.24. The Labute approximate surface area is 93.1 Å². The molecule has 0 radical (unpaired) electrons. The highest BCUT2D eigenvalue weighted by molar-refractivity contribution is 5.85. The number of Topliss-reactive ketones (excluding diaryl/α,β-unsaturated/α-hetero) is 1. The third kappa shape index (κ3) is 1.50. The number of carbonyl (C=O) groups is 1. The van der Waals surface area contributed by atoms with E-state index in [9.17, 15) is 4.79 Å². The maximum Gasteiger partial charge on any atom is 0.182 e. The van der Waals surface area contributed by atoms with Gasteiger partial charge in [0.15, 0.2) is 11.3 Å². The van der Waals surface area contributed by atoms with Crippen LogP contribution < -0.4 is 0 Å². The molecule has 0 heterocycles. The molecule has 0 aromatic heterocycles. The average Bonchev–Trinajstić information content (AvgIpc) is 2.73. The van der Waals surface area contributed by atoms with Gasteiger partial charge in [-0.1, -0.05) is 0 Å². The number of nitrogens with zero attached hydrogens (tertiary/aromatic N) is 4. The molecule has 0 amide bonds. The summed E-state index contributed by atoms with van der Waals surface area (Å²) in [6.45, 7) is 0. The standard InChI is InChI=1S/C11H8N4O/c12-4-8(5-13)11(6-14,7-15)9-2-1-3-10(9)16/h8-9H,1-3H2/t9-/m1/s1. The van der Waals surface area contributed by atoms with Crippen molar-refractivity contribution in [1.29, 1.82) is 21.0 Å². The zero-order valence-electron chi connectivity index (χ0n) is 8.47. The molecule has 0 N–H and O–H groups in total. The van der Waals surface area contributed by atoms with Crippen LogP contribution in [0.15, 0.2) is 0 Å². The van der Waals surface area contributed by atoms with Gasteiger partial charge < -0.3 is 0 Å². The maximum atomic E-state index is 11.6. The van der Waals surface area contributed by atoms with Gasteiger partial charge in [0.05, 0.1) is 30.2 Å². The summed E-state index contributed by atoms with van der Waals surface area (Å²) in [6.07, 6.45) is 1.33. The van der Waals surface area contributed by atoms with Gasteiger partial charge in [0, 0.05) is 6.42 Å². The molecule has 1 fully saturated rings. The molecular formula is C11H8N4O. The lowest BCUT2D eigenvalue weighted by Gasteiger charge is -2.24. The van der Waals surface area contributed by atoms with Gasteiger partial charge in [-0.25, -0.2) is 0 Å². The number of ketones is 1. The molecule has 1 aliphatic carbocycles. The van der Waals surface area contributed by atoms with Crippen molar-refractivity contribution >= 4 is 5.78 Å². The van der Waals surface area contributed by atoms with Gasteiger partial charge in [0.1, 0.15) is 5.78 Å². The van der Waals surface area contributed by atoms with E-state index in [1.165, 1.54) is 0 Å². The Morgan fingerprint density at radius 3 is 2.06 bits per heavy atom. The van der Waals surface area contributed by atoms with Crippen LogP contribution in [0.5, 0.6) is 0 Å². The third-order valence-corrected chi connectivity index (χ3v) is 2.94. The van der Waals surface area contributed by atoms with E-state index in [-0.39, 0.29) is 5.78 Å². The van der Waals surface area contributed by atoms with Crippen LogP contribution in [0.25, 0.3) is 0 Å². The van der Waals surface area contributed by atoms with Gasteiger partial charge >= 0.3 is 0 Å². The number of carbonyl (C=O) groups excluding carboxylic acids is 1. The summed E-state index contributed by atoms with van der Waals surface area (Å²) in [4.78, 5) is 11.6. The quantitative estimate of drug-likeness (QED) is 0.678. The molecule has 0 aromatic rings. The molecule has 1 atom stereocenters. The Morgan fingerprint density at radius 1 is 1.19 bits per heavy atom. The molecule has 1 saturated carbocycles. The van der Waals surface area contributed by atoms with E-state index in [1.54, 1.807) is 24.3 Å². The summed E-state index contributed by atoms with van der Waals surface area (Å²) in [6, 6.07) is 6.69. The van der Waals surface area contributed by atoms with Crippen molar-refractivity contribution in [2.75, 3.05) is 0 Å². The summed E-state index contributed by atoms with van der Waals surface area (Å²) in [5.74, 6) is -2.38. The van der Waals surface area contributed by atoms with Crippen LogP contribution in [0, 0.1) is 62.6 Å². The zero-order valence-corrected chi connectivity index (χ0v) is 8.47. The second-order valence-electron chi connectivity index (χ2n) is 3.69. The second-order valence-corrected chi connectivity index (χ2v) is 3.69. The minimum absolute atomic E-state index is 0.196. The fourth-order valence-electron chi connectivity index (χ4n) is 2.04. The maximum absolute atomic E-state index is 11.6. The molecule has 5 heteroatoms. The lowest BCUT2D eigenvalue weighted by molar-refractivity contribution is -0.122. The number of hydrogen-bond acceptors (Lipinski definition) is 5. The smallest absolute Gasteiger partial charge is 0.182 e. The Bertz CT molecular complexity index is 440. The molecule has 0 aromatic carbocycles. The van der Waals surface area contributed by atoms with E-state index in [0.29, 0.717) is 19.3 Å². The van der Waals surface area contributed by atoms with Crippen molar-refractivity contribution in [3.8, 4) is 24.3 Å². The molecule has 78 valence electrons. The van der Waals surface area contributed by atoms with Gasteiger partial charge in [0.2, 0.25) is 0 Å². The van der Waals surface area contributed by atoms with Gasteiger partial charge in [-0.05, 0) is 12.8 Å². The topological polar surface area (TPSA) is 112 Å². The van der Waals surface area contributed by atoms with Crippen LogP contribution in [0.4, 0.5) is 0 Å². The minimum atomic E-state index is -1.81. The highest BCUT2D eigenvalue weighted by atomic mass is 16.1. The molecule has 0 saturated heterocycles. The Hall–Kier alpha value is -2.37. The second kappa shape index (κ2) is 4.43. The van der Waals surface area contributed by atoms with Gasteiger partial charge in [-0.15, -0.1) is 0 Å². The molecular weight excluding hydrogens is 204 g/mol. The van der Waals surface area contributed by atoms with Crippen molar-refractivity contribution in [3.63, 3.8) is 0 Å². The first-order valence-electron chi connectivity index (χ1n) is 4.80. The molecule has 0 aliphatic heterocycles. The number of rotatable bonds is 2. The van der Waals surface area contributed by atoms with Crippen LogP contribution >= 0.6 is 0 Å². The summed E-state index contributed by atoms with van der Waals surface area (Å²) in [7, 11) is 0. The Morgan fingerprint density at radius 2 is 1.75 bits per heavy atom. The molecule has 16 heavy (non-hydrogen) atoms. The van der Waals surface area contributed by atoms with Crippen molar-refractivity contribution in [2.24, 2.45) is 17.3 Å². The first-order chi connectivity index (χ1) is 7.66. The van der Waals surface area contributed by atoms with Crippen molar-refractivity contribution < 1.29 is 4.79 Å². The van der Waals surface area contributed by atoms with Gasteiger partial charge in [0.25, 0.3) is 0 Å². The predicted molar refractivity (Wildman–Crippen MR) is 50.7 cm³/mol. The summed E-state index contributed by atoms with van der Waals surface area (Å²) >= 11 is 0. The fourth-order valence-corrected chi connectivity index (χ4v) is 2.04. The van der Waals surface area contributed by atoms with Crippen LogP contribution in [-0.4, -0.2) is 5.78 Å². The van der Waals surface area contributed by atoms with E-state index in [2.05, 4.69) is 0 Å². The summed E-state index contributed by atoms with van der Waals surface area (Å²) in [5.41, 5.74) is -1.81. The monoisotopic (exact) mass is 212 g/mol. The van der Waals surface area contributed by atoms with Crippen molar-refractivity contribution in [2.45, 2.75) is 19.3 Å². The molecule has 0 spiro atoms. The van der Waals surface area contributed by atoms with Crippen LogP contribution in [0.1, 0.15) is 19.3 Å². The molecule has 1 aliphatic rings. The number of nitriles is 4. The lowest BCUT2D eigenvalue weighted by Crippen LogP contribution is -2.36. The largest absolute Gasteiger partial charge is 0.299 e. The molecule has 0 unspecified atom stereocenters. The fraction of sp³-hybridized carbons (Fsp3) is 0.545. The van der Waals surface area contributed by atoms with Crippen LogP contribution in [0.3, 0.4) is 0 Å². The molecule has 5 nitrogen and oxygen atoms in total. The van der Waals surface area contributed by atoms with E-state index >= 15 is 0 Å². The third-order valence-electron chi connectivity index (χ3n) is 2.94. The summed E-state index contributed by atoms with van der Waals surface area (Å²) in [5, 5.41) is 35.7. The van der Waals surface area contributed by atoms with Crippen molar-refractivity contribution in [3.05, 3.63) is 0 Å². The first kappa shape index (κ1) is 11.7. The first-order valence-corrected chi connectivity index (χ1v) is 4.80.